The van der Waals surface area contributed by atoms with Crippen LogP contribution in [-0.2, 0) is 22.8 Å². The molecule has 2 atom stereocenters. The van der Waals surface area contributed by atoms with E-state index in [2.05, 4.69) is 44.0 Å². The molecule has 0 aliphatic carbocycles. The highest BCUT2D eigenvalue weighted by Crippen LogP contribution is 2.28. The van der Waals surface area contributed by atoms with Gasteiger partial charge in [-0.3, -0.25) is 9.80 Å². The molecule has 0 unspecified atom stereocenters. The zero-order valence-corrected chi connectivity index (χ0v) is 16.0. The van der Waals surface area contributed by atoms with Crippen molar-refractivity contribution >= 4 is 9.84 Å². The third-order valence-corrected chi connectivity index (χ3v) is 7.42. The molecule has 0 bridgehead atoms. The van der Waals surface area contributed by atoms with E-state index in [4.69, 9.17) is 0 Å². The summed E-state index contributed by atoms with van der Waals surface area (Å²) in [6, 6.07) is 10.6. The van der Waals surface area contributed by atoms with Crippen LogP contribution in [0.25, 0.3) is 0 Å². The molecule has 2 fully saturated rings. The number of piperazine rings is 1. The van der Waals surface area contributed by atoms with Crippen LogP contribution >= 0.6 is 0 Å². The Balaban J connectivity index is 1.47. The minimum atomic E-state index is -2.98. The summed E-state index contributed by atoms with van der Waals surface area (Å²) in [6.07, 6.45) is 2.67. The third-order valence-electron chi connectivity index (χ3n) is 5.72. The van der Waals surface area contributed by atoms with E-state index in [1.54, 1.807) is 6.33 Å². The summed E-state index contributed by atoms with van der Waals surface area (Å²) in [7, 11) is -2.98. The van der Waals surface area contributed by atoms with Gasteiger partial charge < -0.3 is 4.98 Å². The van der Waals surface area contributed by atoms with Crippen LogP contribution in [0.1, 0.15) is 17.0 Å². The van der Waals surface area contributed by atoms with Crippen LogP contribution in [0.4, 0.5) is 0 Å². The molecule has 1 aromatic heterocycles. The third kappa shape index (κ3) is 3.70. The monoisotopic (exact) mass is 374 g/mol. The molecular formula is C19H26N4O2S. The lowest BCUT2D eigenvalue weighted by Crippen LogP contribution is -2.59. The molecule has 0 saturated carbocycles. The van der Waals surface area contributed by atoms with E-state index in [0.717, 1.165) is 44.0 Å². The first kappa shape index (κ1) is 17.7. The van der Waals surface area contributed by atoms with E-state index in [1.165, 1.54) is 5.56 Å². The first-order chi connectivity index (χ1) is 12.5. The van der Waals surface area contributed by atoms with Gasteiger partial charge in [0.05, 0.1) is 23.5 Å². The van der Waals surface area contributed by atoms with Gasteiger partial charge in [0.1, 0.15) is 0 Å². The predicted molar refractivity (Wildman–Crippen MR) is 102 cm³/mol. The molecule has 2 saturated heterocycles. The van der Waals surface area contributed by atoms with Gasteiger partial charge in [-0.2, -0.15) is 0 Å². The zero-order chi connectivity index (χ0) is 18.1. The number of benzene rings is 1. The molecule has 7 heteroatoms. The Morgan fingerprint density at radius 1 is 1.12 bits per heavy atom. The smallest absolute Gasteiger partial charge is 0.153 e. The second-order valence-corrected chi connectivity index (χ2v) is 9.58. The van der Waals surface area contributed by atoms with Gasteiger partial charge >= 0.3 is 0 Å². The maximum absolute atomic E-state index is 12.4. The zero-order valence-electron chi connectivity index (χ0n) is 15.1. The Morgan fingerprint density at radius 3 is 2.50 bits per heavy atom. The molecule has 0 amide bonds. The number of nitrogens with zero attached hydrogens (tertiary/aromatic N) is 3. The van der Waals surface area contributed by atoms with Crippen LogP contribution in [0.15, 0.2) is 36.7 Å². The van der Waals surface area contributed by atoms with Gasteiger partial charge in [0.2, 0.25) is 0 Å². The van der Waals surface area contributed by atoms with E-state index in [1.807, 2.05) is 13.0 Å². The van der Waals surface area contributed by atoms with Gasteiger partial charge in [-0.1, -0.05) is 30.3 Å². The summed E-state index contributed by atoms with van der Waals surface area (Å²) < 4.78 is 24.7. The summed E-state index contributed by atoms with van der Waals surface area (Å²) in [5, 5.41) is 0. The minimum Gasteiger partial charge on any atom is -0.348 e. The number of aryl methyl sites for hydroxylation is 1. The summed E-state index contributed by atoms with van der Waals surface area (Å²) in [6.45, 7) is 5.45. The van der Waals surface area contributed by atoms with Gasteiger partial charge in [-0.15, -0.1) is 0 Å². The van der Waals surface area contributed by atoms with Crippen LogP contribution in [0.5, 0.6) is 0 Å². The highest BCUT2D eigenvalue weighted by Gasteiger charge is 2.46. The number of aromatic nitrogens is 2. The van der Waals surface area contributed by atoms with E-state index >= 15 is 0 Å². The molecule has 0 spiro atoms. The number of fused-ring (bicyclic) bond motifs is 1. The number of sulfone groups is 1. The number of hydrogen-bond donors (Lipinski definition) is 1. The SMILES string of the molecule is Cc1[nH]cnc1CN1CCN(CCc2ccccc2)[C@H]2CS(=O)(=O)C[C@H]21. The average Bonchev–Trinajstić information content (AvgIpc) is 3.17. The standard InChI is InChI=1S/C19H26N4O2S/c1-15-17(21-14-20-15)11-23-10-9-22(8-7-16-5-3-2-4-6-16)18-12-26(24,25)13-19(18)23/h2-6,14,18-19H,7-13H2,1H3,(H,20,21)/t18-,19+/m0/s1. The lowest BCUT2D eigenvalue weighted by molar-refractivity contribution is 0.0404. The number of hydrogen-bond acceptors (Lipinski definition) is 5. The van der Waals surface area contributed by atoms with Crippen molar-refractivity contribution in [1.29, 1.82) is 0 Å². The topological polar surface area (TPSA) is 69.3 Å². The summed E-state index contributed by atoms with van der Waals surface area (Å²) in [5.41, 5.74) is 3.39. The Morgan fingerprint density at radius 2 is 1.81 bits per heavy atom. The summed E-state index contributed by atoms with van der Waals surface area (Å²) >= 11 is 0. The lowest BCUT2D eigenvalue weighted by atomic mass is 10.0. The lowest BCUT2D eigenvalue weighted by Gasteiger charge is -2.43. The van der Waals surface area contributed by atoms with Gasteiger partial charge in [0.25, 0.3) is 0 Å². The molecule has 26 heavy (non-hydrogen) atoms. The predicted octanol–water partition coefficient (Wildman–Crippen LogP) is 1.24. The molecule has 3 heterocycles. The van der Waals surface area contributed by atoms with Gasteiger partial charge in [-0.25, -0.2) is 13.4 Å². The fourth-order valence-corrected chi connectivity index (χ4v) is 6.27. The maximum Gasteiger partial charge on any atom is 0.153 e. The van der Waals surface area contributed by atoms with Gasteiger partial charge in [0, 0.05) is 44.0 Å². The highest BCUT2D eigenvalue weighted by molar-refractivity contribution is 7.91. The first-order valence-corrected chi connectivity index (χ1v) is 11.1. The summed E-state index contributed by atoms with van der Waals surface area (Å²) in [5.74, 6) is 0.547. The Labute approximate surface area is 155 Å². The van der Waals surface area contributed by atoms with Crippen molar-refractivity contribution in [2.24, 2.45) is 0 Å². The molecule has 2 aliphatic heterocycles. The van der Waals surface area contributed by atoms with Crippen molar-refractivity contribution in [2.45, 2.75) is 32.0 Å². The molecule has 1 N–H and O–H groups in total. The average molecular weight is 375 g/mol. The molecule has 2 aliphatic rings. The molecule has 4 rings (SSSR count). The maximum atomic E-state index is 12.4. The Kier molecular flexibility index (Phi) is 4.86. The van der Waals surface area contributed by atoms with Crippen molar-refractivity contribution in [3.05, 3.63) is 53.6 Å². The number of aromatic amines is 1. The van der Waals surface area contributed by atoms with Crippen molar-refractivity contribution in [2.75, 3.05) is 31.1 Å². The second-order valence-electron chi connectivity index (χ2n) is 7.43. The normalized spacial score (nSPS) is 26.0. The van der Waals surface area contributed by atoms with Gasteiger partial charge in [-0.05, 0) is 18.9 Å². The van der Waals surface area contributed by atoms with Crippen LogP contribution < -0.4 is 0 Å². The largest absolute Gasteiger partial charge is 0.348 e. The Hall–Kier alpha value is -1.70. The fourth-order valence-electron chi connectivity index (χ4n) is 4.23. The number of nitrogens with one attached hydrogen (secondary N) is 1. The molecule has 1 aromatic carbocycles. The van der Waals surface area contributed by atoms with Crippen LogP contribution in [0.2, 0.25) is 0 Å². The second kappa shape index (κ2) is 7.13. The Bertz CT molecular complexity index is 849. The quantitative estimate of drug-likeness (QED) is 0.853. The molecular weight excluding hydrogens is 348 g/mol. The van der Waals surface area contributed by atoms with Crippen LogP contribution in [0, 0.1) is 6.92 Å². The van der Waals surface area contributed by atoms with Crippen molar-refractivity contribution < 1.29 is 8.42 Å². The van der Waals surface area contributed by atoms with E-state index in [-0.39, 0.29) is 23.6 Å². The van der Waals surface area contributed by atoms with Crippen LogP contribution in [-0.4, -0.2) is 71.4 Å². The summed E-state index contributed by atoms with van der Waals surface area (Å²) in [4.78, 5) is 12.2. The molecule has 140 valence electrons. The molecule has 2 aromatic rings. The number of H-pyrrole nitrogens is 1. The van der Waals surface area contributed by atoms with E-state index in [0.29, 0.717) is 0 Å². The number of rotatable bonds is 5. The fraction of sp³-hybridized carbons (Fsp3) is 0.526. The van der Waals surface area contributed by atoms with Crippen LogP contribution in [0.3, 0.4) is 0 Å². The molecule has 0 radical (unpaired) electrons. The van der Waals surface area contributed by atoms with Gasteiger partial charge in [0.15, 0.2) is 9.84 Å². The number of imidazole rings is 1. The van der Waals surface area contributed by atoms with Crippen molar-refractivity contribution in [1.82, 2.24) is 19.8 Å². The minimum absolute atomic E-state index is 0.0700. The highest BCUT2D eigenvalue weighted by atomic mass is 32.2. The van der Waals surface area contributed by atoms with E-state index in [9.17, 15) is 8.42 Å². The van der Waals surface area contributed by atoms with E-state index < -0.39 is 9.84 Å². The first-order valence-electron chi connectivity index (χ1n) is 9.23. The van der Waals surface area contributed by atoms with Crippen molar-refractivity contribution in [3.8, 4) is 0 Å². The van der Waals surface area contributed by atoms with Crippen molar-refractivity contribution in [3.63, 3.8) is 0 Å². The molecule has 6 nitrogen and oxygen atoms in total.